The first-order valence-corrected chi connectivity index (χ1v) is 8.55. The summed E-state index contributed by atoms with van der Waals surface area (Å²) in [4.78, 5) is 15.5. The number of hydrogen-bond acceptors (Lipinski definition) is 4. The Bertz CT molecular complexity index is 305. The summed E-state index contributed by atoms with van der Waals surface area (Å²) in [6.45, 7) is 3.18. The molecule has 0 unspecified atom stereocenters. The number of hydrogen-bond donors (Lipinski definition) is 3. The fourth-order valence-electron chi connectivity index (χ4n) is 2.15. The van der Waals surface area contributed by atoms with Gasteiger partial charge in [-0.05, 0) is 19.3 Å². The standard InChI is InChI=1S/C16H34N4O2/c1-2-3-4-5-6-7-8-9-13-22-15(21)14(17)11-10-12-20-16(18)19/h14H,2-13,17H2,1H3,(H4,18,19,20)/t14-/m0/s1. The molecular formula is C16H34N4O2. The normalized spacial score (nSPS) is 11.9. The van der Waals surface area contributed by atoms with Crippen molar-refractivity contribution < 1.29 is 9.53 Å². The SMILES string of the molecule is CCCCCCCCCCOC(=O)[C@@H](N)CCCN=C(N)N. The summed E-state index contributed by atoms with van der Waals surface area (Å²) in [5.74, 6) is -0.265. The van der Waals surface area contributed by atoms with Crippen molar-refractivity contribution >= 4 is 11.9 Å². The van der Waals surface area contributed by atoms with E-state index < -0.39 is 6.04 Å². The van der Waals surface area contributed by atoms with Gasteiger partial charge in [-0.25, -0.2) is 0 Å². The number of ether oxygens (including phenoxy) is 1. The number of esters is 1. The van der Waals surface area contributed by atoms with Crippen LogP contribution in [0.1, 0.15) is 71.1 Å². The minimum Gasteiger partial charge on any atom is -0.465 e. The summed E-state index contributed by atoms with van der Waals surface area (Å²) in [5, 5.41) is 0. The lowest BCUT2D eigenvalue weighted by Gasteiger charge is -2.10. The second-order valence-electron chi connectivity index (χ2n) is 5.70. The lowest BCUT2D eigenvalue weighted by atomic mass is 10.1. The molecule has 0 amide bonds. The summed E-state index contributed by atoms with van der Waals surface area (Å²) in [6, 6.07) is -0.580. The molecule has 6 nitrogen and oxygen atoms in total. The maximum Gasteiger partial charge on any atom is 0.322 e. The monoisotopic (exact) mass is 314 g/mol. The molecule has 0 radical (unpaired) electrons. The minimum atomic E-state index is -0.580. The van der Waals surface area contributed by atoms with Gasteiger partial charge in [0.2, 0.25) is 0 Å². The first kappa shape index (κ1) is 20.7. The molecule has 0 aromatic carbocycles. The molecule has 0 bridgehead atoms. The number of carbonyl (C=O) groups excluding carboxylic acids is 1. The van der Waals surface area contributed by atoms with Crippen LogP contribution < -0.4 is 17.2 Å². The number of rotatable bonds is 14. The van der Waals surface area contributed by atoms with Crippen molar-refractivity contribution in [3.8, 4) is 0 Å². The van der Waals surface area contributed by atoms with Crippen molar-refractivity contribution in [1.29, 1.82) is 0 Å². The van der Waals surface area contributed by atoms with Crippen molar-refractivity contribution in [3.63, 3.8) is 0 Å². The Morgan fingerprint density at radius 2 is 1.59 bits per heavy atom. The molecule has 22 heavy (non-hydrogen) atoms. The molecule has 0 spiro atoms. The van der Waals surface area contributed by atoms with E-state index in [0.717, 1.165) is 12.8 Å². The third kappa shape index (κ3) is 13.7. The molecule has 0 aliphatic rings. The molecule has 0 heterocycles. The number of aliphatic imine (C=N–C) groups is 1. The fourth-order valence-corrected chi connectivity index (χ4v) is 2.15. The van der Waals surface area contributed by atoms with Crippen LogP contribution >= 0.6 is 0 Å². The van der Waals surface area contributed by atoms with Crippen LogP contribution in [-0.4, -0.2) is 31.1 Å². The topological polar surface area (TPSA) is 117 Å². The number of nitrogens with zero attached hydrogens (tertiary/aromatic N) is 1. The lowest BCUT2D eigenvalue weighted by molar-refractivity contribution is -0.145. The Labute approximate surface area is 134 Å². The van der Waals surface area contributed by atoms with Gasteiger partial charge in [0.15, 0.2) is 5.96 Å². The van der Waals surface area contributed by atoms with E-state index >= 15 is 0 Å². The molecule has 0 aliphatic heterocycles. The van der Waals surface area contributed by atoms with Crippen LogP contribution in [0.5, 0.6) is 0 Å². The summed E-state index contributed by atoms with van der Waals surface area (Å²) in [6.07, 6.45) is 11.0. The van der Waals surface area contributed by atoms with Gasteiger partial charge in [0.25, 0.3) is 0 Å². The lowest BCUT2D eigenvalue weighted by Crippen LogP contribution is -2.32. The molecule has 130 valence electrons. The molecule has 0 aliphatic carbocycles. The molecule has 0 saturated carbocycles. The highest BCUT2D eigenvalue weighted by atomic mass is 16.5. The van der Waals surface area contributed by atoms with Crippen LogP contribution in [0.15, 0.2) is 4.99 Å². The van der Waals surface area contributed by atoms with E-state index in [1.165, 1.54) is 38.5 Å². The van der Waals surface area contributed by atoms with E-state index in [1.54, 1.807) is 0 Å². The van der Waals surface area contributed by atoms with Gasteiger partial charge in [-0.2, -0.15) is 0 Å². The largest absolute Gasteiger partial charge is 0.465 e. The maximum atomic E-state index is 11.6. The van der Waals surface area contributed by atoms with Gasteiger partial charge in [0.1, 0.15) is 6.04 Å². The average molecular weight is 314 g/mol. The maximum absolute atomic E-state index is 11.6. The zero-order chi connectivity index (χ0) is 16.6. The second-order valence-corrected chi connectivity index (χ2v) is 5.70. The Hall–Kier alpha value is -1.30. The highest BCUT2D eigenvalue weighted by Gasteiger charge is 2.13. The Balaban J connectivity index is 3.42. The number of unbranched alkanes of at least 4 members (excludes halogenated alkanes) is 7. The molecule has 0 rings (SSSR count). The molecule has 0 saturated heterocycles. The van der Waals surface area contributed by atoms with Gasteiger partial charge in [-0.15, -0.1) is 0 Å². The van der Waals surface area contributed by atoms with Gasteiger partial charge >= 0.3 is 5.97 Å². The van der Waals surface area contributed by atoms with Gasteiger partial charge in [-0.1, -0.05) is 51.9 Å². The van der Waals surface area contributed by atoms with Gasteiger partial charge in [0.05, 0.1) is 6.61 Å². The van der Waals surface area contributed by atoms with E-state index in [0.29, 0.717) is 26.0 Å². The van der Waals surface area contributed by atoms with Crippen LogP contribution in [0, 0.1) is 0 Å². The summed E-state index contributed by atoms with van der Waals surface area (Å²) >= 11 is 0. The fraction of sp³-hybridized carbons (Fsp3) is 0.875. The molecule has 6 N–H and O–H groups in total. The number of nitrogens with two attached hydrogens (primary N) is 3. The van der Waals surface area contributed by atoms with Crippen molar-refractivity contribution in [2.75, 3.05) is 13.2 Å². The molecule has 0 aromatic heterocycles. The molecule has 0 aromatic rings. The average Bonchev–Trinajstić information content (AvgIpc) is 2.49. The van der Waals surface area contributed by atoms with Crippen LogP contribution in [0.2, 0.25) is 0 Å². The van der Waals surface area contributed by atoms with Crippen LogP contribution in [-0.2, 0) is 9.53 Å². The van der Waals surface area contributed by atoms with E-state index in [1.807, 2.05) is 0 Å². The predicted molar refractivity (Wildman–Crippen MR) is 91.5 cm³/mol. The zero-order valence-corrected chi connectivity index (χ0v) is 14.1. The van der Waals surface area contributed by atoms with Crippen LogP contribution in [0.25, 0.3) is 0 Å². The second kappa shape index (κ2) is 14.6. The number of guanidine groups is 1. The summed E-state index contributed by atoms with van der Waals surface area (Å²) in [5.41, 5.74) is 16.2. The zero-order valence-electron chi connectivity index (χ0n) is 14.1. The molecular weight excluding hydrogens is 280 g/mol. The van der Waals surface area contributed by atoms with E-state index in [9.17, 15) is 4.79 Å². The summed E-state index contributed by atoms with van der Waals surface area (Å²) in [7, 11) is 0. The van der Waals surface area contributed by atoms with Gasteiger partial charge in [0, 0.05) is 6.54 Å². The van der Waals surface area contributed by atoms with Crippen molar-refractivity contribution in [3.05, 3.63) is 0 Å². The first-order valence-electron chi connectivity index (χ1n) is 8.55. The van der Waals surface area contributed by atoms with Crippen LogP contribution in [0.3, 0.4) is 0 Å². The Morgan fingerprint density at radius 3 is 2.18 bits per heavy atom. The van der Waals surface area contributed by atoms with E-state index in [-0.39, 0.29) is 11.9 Å². The third-order valence-electron chi connectivity index (χ3n) is 3.51. The highest BCUT2D eigenvalue weighted by Crippen LogP contribution is 2.08. The van der Waals surface area contributed by atoms with Gasteiger partial charge < -0.3 is 21.9 Å². The molecule has 6 heteroatoms. The van der Waals surface area contributed by atoms with E-state index in [2.05, 4.69) is 11.9 Å². The highest BCUT2D eigenvalue weighted by molar-refractivity contribution is 5.76. The quantitative estimate of drug-likeness (QED) is 0.196. The smallest absolute Gasteiger partial charge is 0.322 e. The van der Waals surface area contributed by atoms with Crippen molar-refractivity contribution in [2.45, 2.75) is 77.2 Å². The van der Waals surface area contributed by atoms with E-state index in [4.69, 9.17) is 21.9 Å². The predicted octanol–water partition coefficient (Wildman–Crippen LogP) is 2.05. The molecule has 0 fully saturated rings. The van der Waals surface area contributed by atoms with Crippen LogP contribution in [0.4, 0.5) is 0 Å². The van der Waals surface area contributed by atoms with Gasteiger partial charge in [-0.3, -0.25) is 9.79 Å². The Morgan fingerprint density at radius 1 is 1.00 bits per heavy atom. The number of carbonyl (C=O) groups is 1. The third-order valence-corrected chi connectivity index (χ3v) is 3.51. The molecule has 1 atom stereocenters. The van der Waals surface area contributed by atoms with Crippen molar-refractivity contribution in [1.82, 2.24) is 0 Å². The minimum absolute atomic E-state index is 0.0610. The summed E-state index contributed by atoms with van der Waals surface area (Å²) < 4.78 is 5.18. The first-order chi connectivity index (χ1) is 10.6. The Kier molecular flexibility index (Phi) is 13.8. The van der Waals surface area contributed by atoms with Crippen molar-refractivity contribution in [2.24, 2.45) is 22.2 Å².